The van der Waals surface area contributed by atoms with Crippen LogP contribution in [-0.4, -0.2) is 27.7 Å². The molecule has 122 valence electrons. The van der Waals surface area contributed by atoms with Gasteiger partial charge >= 0.3 is 0 Å². The first-order chi connectivity index (χ1) is 12.3. The maximum atomic E-state index is 9.09. The summed E-state index contributed by atoms with van der Waals surface area (Å²) in [6.45, 7) is 0.00354. The summed E-state index contributed by atoms with van der Waals surface area (Å²) in [5.41, 5.74) is 6.07. The van der Waals surface area contributed by atoms with Crippen LogP contribution in [0.15, 0.2) is 92.8 Å². The van der Waals surface area contributed by atoms with Gasteiger partial charge in [-0.05, 0) is 66.8 Å². The Hall–Kier alpha value is -3.31. The molecule has 0 fully saturated rings. The number of allylic oxidation sites excluding steroid dienone is 8. The van der Waals surface area contributed by atoms with E-state index in [1.165, 1.54) is 0 Å². The lowest BCUT2D eigenvalue weighted by atomic mass is 10.2. The Balaban J connectivity index is 1.49. The van der Waals surface area contributed by atoms with Gasteiger partial charge in [0, 0.05) is 17.6 Å². The van der Waals surface area contributed by atoms with Crippen molar-refractivity contribution < 1.29 is 5.11 Å². The average molecular weight is 328 g/mol. The molecule has 0 bridgehead atoms. The molecule has 0 unspecified atom stereocenters. The molecule has 0 radical (unpaired) electrons. The standard InChI is InChI=1S/C20H16N4O/c25-13-20-8-7-19(24-20)12-18-6-5-17(23-18)11-16-4-3-15(22-16)10-14-2-1-9-21-14/h1-12,24-25H,13H2. The SMILES string of the molecule is OCc1ccc(C=C2C=CC(C=C3C=CC(C=C4C=CC=N4)=N3)=N2)[nH]1. The molecule has 4 rings (SSSR count). The quantitative estimate of drug-likeness (QED) is 0.874. The third kappa shape index (κ3) is 3.62. The fraction of sp³-hybridized carbons (Fsp3) is 0.0500. The van der Waals surface area contributed by atoms with Crippen LogP contribution in [0.1, 0.15) is 11.4 Å². The summed E-state index contributed by atoms with van der Waals surface area (Å²) in [5, 5.41) is 9.09. The Morgan fingerprint density at radius 2 is 1.56 bits per heavy atom. The Bertz CT molecular complexity index is 961. The number of rotatable bonds is 4. The van der Waals surface area contributed by atoms with Crippen molar-refractivity contribution in [1.29, 1.82) is 0 Å². The van der Waals surface area contributed by atoms with Crippen LogP contribution in [0.5, 0.6) is 0 Å². The highest BCUT2D eigenvalue weighted by Crippen LogP contribution is 2.18. The van der Waals surface area contributed by atoms with Gasteiger partial charge in [-0.25, -0.2) is 9.98 Å². The van der Waals surface area contributed by atoms with Crippen LogP contribution >= 0.6 is 0 Å². The minimum atomic E-state index is 0.00354. The third-order valence-corrected chi connectivity index (χ3v) is 3.78. The van der Waals surface area contributed by atoms with Crippen molar-refractivity contribution in [2.24, 2.45) is 15.0 Å². The number of hydrogen-bond donors (Lipinski definition) is 2. The highest BCUT2D eigenvalue weighted by molar-refractivity contribution is 6.11. The number of nitrogens with one attached hydrogen (secondary N) is 1. The van der Waals surface area contributed by atoms with Gasteiger partial charge in [-0.3, -0.25) is 4.99 Å². The first-order valence-corrected chi connectivity index (χ1v) is 7.97. The summed E-state index contributed by atoms with van der Waals surface area (Å²) in [5.74, 6) is 0. The second-order valence-corrected chi connectivity index (χ2v) is 5.68. The summed E-state index contributed by atoms with van der Waals surface area (Å²) in [4.78, 5) is 16.4. The van der Waals surface area contributed by atoms with Crippen molar-refractivity contribution in [3.05, 3.63) is 89.2 Å². The first-order valence-electron chi connectivity index (χ1n) is 7.97. The fourth-order valence-electron chi connectivity index (χ4n) is 2.61. The van der Waals surface area contributed by atoms with E-state index < -0.39 is 0 Å². The minimum absolute atomic E-state index is 0.00354. The number of aliphatic imine (C=N–C) groups is 3. The zero-order valence-electron chi connectivity index (χ0n) is 13.4. The van der Waals surface area contributed by atoms with Gasteiger partial charge in [-0.15, -0.1) is 0 Å². The molecule has 3 aliphatic heterocycles. The van der Waals surface area contributed by atoms with E-state index in [0.29, 0.717) is 0 Å². The summed E-state index contributed by atoms with van der Waals surface area (Å²) in [6, 6.07) is 3.78. The Morgan fingerprint density at radius 3 is 2.20 bits per heavy atom. The molecule has 3 aliphatic rings. The second kappa shape index (κ2) is 6.67. The maximum Gasteiger partial charge on any atom is 0.0830 e. The molecule has 0 saturated heterocycles. The van der Waals surface area contributed by atoms with E-state index >= 15 is 0 Å². The topological polar surface area (TPSA) is 73.1 Å². The van der Waals surface area contributed by atoms with Gasteiger partial charge < -0.3 is 10.1 Å². The molecule has 0 aliphatic carbocycles. The Labute approximate surface area is 145 Å². The lowest BCUT2D eigenvalue weighted by Gasteiger charge is -1.92. The normalized spacial score (nSPS) is 22.8. The van der Waals surface area contributed by atoms with Gasteiger partial charge in [-0.2, -0.15) is 0 Å². The molecule has 5 heteroatoms. The van der Waals surface area contributed by atoms with Crippen LogP contribution in [0, 0.1) is 0 Å². The molecule has 25 heavy (non-hydrogen) atoms. The Kier molecular flexibility index (Phi) is 4.06. The van der Waals surface area contributed by atoms with Crippen molar-refractivity contribution >= 4 is 23.7 Å². The lowest BCUT2D eigenvalue weighted by molar-refractivity contribution is 0.277. The van der Waals surface area contributed by atoms with E-state index in [1.54, 1.807) is 6.21 Å². The highest BCUT2D eigenvalue weighted by Gasteiger charge is 2.07. The highest BCUT2D eigenvalue weighted by atomic mass is 16.3. The van der Waals surface area contributed by atoms with Crippen molar-refractivity contribution in [3.8, 4) is 0 Å². The van der Waals surface area contributed by atoms with Gasteiger partial charge in [0.25, 0.3) is 0 Å². The van der Waals surface area contributed by atoms with Crippen LogP contribution in [0.25, 0.3) is 6.08 Å². The van der Waals surface area contributed by atoms with Gasteiger partial charge in [0.15, 0.2) is 0 Å². The largest absolute Gasteiger partial charge is 0.390 e. The van der Waals surface area contributed by atoms with Crippen molar-refractivity contribution in [2.75, 3.05) is 0 Å². The zero-order valence-corrected chi connectivity index (χ0v) is 13.4. The number of aliphatic hydroxyl groups is 1. The number of aromatic nitrogens is 1. The molecule has 2 N–H and O–H groups in total. The molecule has 1 aromatic heterocycles. The number of aliphatic hydroxyl groups excluding tert-OH is 1. The summed E-state index contributed by atoms with van der Waals surface area (Å²) < 4.78 is 0. The molecule has 5 nitrogen and oxygen atoms in total. The van der Waals surface area contributed by atoms with Crippen LogP contribution in [0.3, 0.4) is 0 Å². The summed E-state index contributed by atoms with van der Waals surface area (Å²) >= 11 is 0. The number of H-pyrrole nitrogens is 1. The van der Waals surface area contributed by atoms with Gasteiger partial charge in [0.05, 0.1) is 35.1 Å². The van der Waals surface area contributed by atoms with Crippen LogP contribution < -0.4 is 0 Å². The average Bonchev–Trinajstić information content (AvgIpc) is 3.38. The van der Waals surface area contributed by atoms with E-state index in [2.05, 4.69) is 20.0 Å². The van der Waals surface area contributed by atoms with Crippen LogP contribution in [0.2, 0.25) is 0 Å². The monoisotopic (exact) mass is 328 g/mol. The maximum absolute atomic E-state index is 9.09. The predicted molar refractivity (Wildman–Crippen MR) is 102 cm³/mol. The molecule has 4 heterocycles. The van der Waals surface area contributed by atoms with E-state index in [9.17, 15) is 0 Å². The zero-order chi connectivity index (χ0) is 17.1. The second-order valence-electron chi connectivity index (χ2n) is 5.68. The molecule has 0 spiro atoms. The van der Waals surface area contributed by atoms with E-state index in [0.717, 1.165) is 39.9 Å². The van der Waals surface area contributed by atoms with Crippen molar-refractivity contribution in [1.82, 2.24) is 4.98 Å². The summed E-state index contributed by atoms with van der Waals surface area (Å²) in [7, 11) is 0. The van der Waals surface area contributed by atoms with E-state index in [4.69, 9.17) is 5.11 Å². The molecular weight excluding hydrogens is 312 g/mol. The van der Waals surface area contributed by atoms with Crippen molar-refractivity contribution in [3.63, 3.8) is 0 Å². The first kappa shape index (κ1) is 15.2. The Morgan fingerprint density at radius 1 is 0.840 bits per heavy atom. The molecule has 0 saturated carbocycles. The van der Waals surface area contributed by atoms with Gasteiger partial charge in [0.1, 0.15) is 0 Å². The van der Waals surface area contributed by atoms with E-state index in [-0.39, 0.29) is 6.61 Å². The van der Waals surface area contributed by atoms with Crippen LogP contribution in [0.4, 0.5) is 0 Å². The lowest BCUT2D eigenvalue weighted by Crippen LogP contribution is -1.86. The molecular formula is C20H16N4O. The molecule has 0 atom stereocenters. The van der Waals surface area contributed by atoms with E-state index in [1.807, 2.05) is 66.8 Å². The number of nitrogens with zero attached hydrogens (tertiary/aromatic N) is 3. The van der Waals surface area contributed by atoms with Gasteiger partial charge in [-0.1, -0.05) is 0 Å². The number of hydrogen-bond acceptors (Lipinski definition) is 4. The summed E-state index contributed by atoms with van der Waals surface area (Å²) in [6.07, 6.45) is 19.3. The smallest absolute Gasteiger partial charge is 0.0830 e. The third-order valence-electron chi connectivity index (χ3n) is 3.78. The van der Waals surface area contributed by atoms with Crippen molar-refractivity contribution in [2.45, 2.75) is 6.61 Å². The predicted octanol–water partition coefficient (Wildman–Crippen LogP) is 3.28. The molecule has 1 aromatic rings. The fourth-order valence-corrected chi connectivity index (χ4v) is 2.61. The van der Waals surface area contributed by atoms with Gasteiger partial charge in [0.2, 0.25) is 0 Å². The molecule has 0 amide bonds. The number of aromatic amines is 1. The molecule has 0 aromatic carbocycles. The van der Waals surface area contributed by atoms with Crippen LogP contribution in [-0.2, 0) is 6.61 Å². The minimum Gasteiger partial charge on any atom is -0.390 e.